The second-order valence-corrected chi connectivity index (χ2v) is 7.44. The molecule has 4 rings (SSSR count). The molecule has 24 heavy (non-hydrogen) atoms. The Balaban J connectivity index is 1.61. The van der Waals surface area contributed by atoms with Crippen molar-refractivity contribution in [2.45, 2.75) is 27.2 Å². The number of hydrogen-bond acceptors (Lipinski definition) is 3. The first-order chi connectivity index (χ1) is 11.4. The van der Waals surface area contributed by atoms with Gasteiger partial charge in [-0.15, -0.1) is 0 Å². The molecule has 2 aromatic rings. The molecule has 1 aromatic heterocycles. The summed E-state index contributed by atoms with van der Waals surface area (Å²) < 4.78 is 0. The van der Waals surface area contributed by atoms with Crippen molar-refractivity contribution < 1.29 is 9.59 Å². The molecule has 2 unspecified atom stereocenters. The number of nitrogens with zero attached hydrogens (tertiary/aromatic N) is 1. The topological polar surface area (TPSA) is 59.1 Å². The SMILES string of the molecule is CC(NC(=O)c1ccc2ncccc2c1)=C1C(=O)CC2C1C2(C)C. The van der Waals surface area contributed by atoms with Crippen LogP contribution in [0.4, 0.5) is 0 Å². The van der Waals surface area contributed by atoms with Gasteiger partial charge in [0, 0.05) is 34.8 Å². The van der Waals surface area contributed by atoms with Gasteiger partial charge in [-0.05, 0) is 48.4 Å². The molecular weight excluding hydrogens is 300 g/mol. The maximum atomic E-state index is 12.6. The van der Waals surface area contributed by atoms with E-state index >= 15 is 0 Å². The van der Waals surface area contributed by atoms with E-state index in [2.05, 4.69) is 24.1 Å². The molecular formula is C20H20N2O2. The van der Waals surface area contributed by atoms with Crippen molar-refractivity contribution in [3.8, 4) is 0 Å². The normalized spacial score (nSPS) is 26.2. The molecule has 1 N–H and O–H groups in total. The van der Waals surface area contributed by atoms with E-state index in [0.29, 0.717) is 29.5 Å². The second kappa shape index (κ2) is 5.00. The highest BCUT2D eigenvalue weighted by atomic mass is 16.2. The van der Waals surface area contributed by atoms with Gasteiger partial charge >= 0.3 is 0 Å². The summed E-state index contributed by atoms with van der Waals surface area (Å²) in [5.41, 5.74) is 3.14. The lowest BCUT2D eigenvalue weighted by Gasteiger charge is -2.14. The number of allylic oxidation sites excluding steroid dienone is 2. The Hall–Kier alpha value is -2.49. The van der Waals surface area contributed by atoms with Crippen molar-refractivity contribution >= 4 is 22.6 Å². The molecule has 0 radical (unpaired) electrons. The molecule has 1 amide bonds. The Morgan fingerprint density at radius 3 is 2.83 bits per heavy atom. The molecule has 1 heterocycles. The molecule has 4 heteroatoms. The van der Waals surface area contributed by atoms with E-state index in [1.54, 1.807) is 12.3 Å². The van der Waals surface area contributed by atoms with Gasteiger partial charge in [0.2, 0.25) is 0 Å². The maximum Gasteiger partial charge on any atom is 0.255 e. The summed E-state index contributed by atoms with van der Waals surface area (Å²) in [6, 6.07) is 9.22. The third-order valence-electron chi connectivity index (χ3n) is 5.64. The highest BCUT2D eigenvalue weighted by Gasteiger charge is 2.65. The number of hydrogen-bond donors (Lipinski definition) is 1. The van der Waals surface area contributed by atoms with Gasteiger partial charge in [-0.25, -0.2) is 0 Å². The number of benzene rings is 1. The van der Waals surface area contributed by atoms with E-state index in [4.69, 9.17) is 0 Å². The van der Waals surface area contributed by atoms with Gasteiger partial charge in [0.15, 0.2) is 5.78 Å². The summed E-state index contributed by atoms with van der Waals surface area (Å²) in [7, 11) is 0. The van der Waals surface area contributed by atoms with Crippen LogP contribution in [0.3, 0.4) is 0 Å². The number of carbonyl (C=O) groups is 2. The Morgan fingerprint density at radius 1 is 1.29 bits per heavy atom. The van der Waals surface area contributed by atoms with Crippen LogP contribution in [0.15, 0.2) is 47.8 Å². The summed E-state index contributed by atoms with van der Waals surface area (Å²) in [6.07, 6.45) is 2.35. The number of rotatable bonds is 2. The zero-order valence-electron chi connectivity index (χ0n) is 14.1. The average molecular weight is 320 g/mol. The zero-order chi connectivity index (χ0) is 17.1. The number of fused-ring (bicyclic) bond motifs is 2. The molecule has 2 aliphatic rings. The van der Waals surface area contributed by atoms with Crippen LogP contribution in [-0.4, -0.2) is 16.7 Å². The Labute approximate surface area is 141 Å². The summed E-state index contributed by atoms with van der Waals surface area (Å²) in [5, 5.41) is 3.85. The molecule has 122 valence electrons. The predicted molar refractivity (Wildman–Crippen MR) is 92.3 cm³/mol. The molecule has 2 fully saturated rings. The number of ketones is 1. The largest absolute Gasteiger partial charge is 0.326 e. The van der Waals surface area contributed by atoms with Crippen LogP contribution in [-0.2, 0) is 4.79 Å². The minimum Gasteiger partial charge on any atom is -0.326 e. The lowest BCUT2D eigenvalue weighted by atomic mass is 9.95. The molecule has 0 saturated heterocycles. The van der Waals surface area contributed by atoms with Crippen molar-refractivity contribution in [2.75, 3.05) is 0 Å². The Morgan fingerprint density at radius 2 is 2.08 bits per heavy atom. The third kappa shape index (κ3) is 2.17. The van der Waals surface area contributed by atoms with Crippen LogP contribution in [0.1, 0.15) is 37.6 Å². The first kappa shape index (κ1) is 15.1. The summed E-state index contributed by atoms with van der Waals surface area (Å²) >= 11 is 0. The highest BCUT2D eigenvalue weighted by molar-refractivity contribution is 6.03. The number of Topliss-reactive ketones (excluding diaryl/α,β-unsaturated/α-hetero) is 1. The number of carbonyl (C=O) groups excluding carboxylic acids is 2. The van der Waals surface area contributed by atoms with Crippen molar-refractivity contribution in [3.63, 3.8) is 0 Å². The van der Waals surface area contributed by atoms with Crippen molar-refractivity contribution in [1.29, 1.82) is 0 Å². The molecule has 0 spiro atoms. The lowest BCUT2D eigenvalue weighted by Crippen LogP contribution is -2.24. The third-order valence-corrected chi connectivity index (χ3v) is 5.64. The first-order valence-corrected chi connectivity index (χ1v) is 8.29. The van der Waals surface area contributed by atoms with Crippen LogP contribution < -0.4 is 5.32 Å². The number of pyridine rings is 1. The quantitative estimate of drug-likeness (QED) is 0.862. The monoisotopic (exact) mass is 320 g/mol. The number of aromatic nitrogens is 1. The fourth-order valence-corrected chi connectivity index (χ4v) is 4.15. The van der Waals surface area contributed by atoms with E-state index in [1.807, 2.05) is 31.2 Å². The molecule has 0 aliphatic heterocycles. The van der Waals surface area contributed by atoms with Crippen LogP contribution in [0, 0.1) is 17.3 Å². The van der Waals surface area contributed by atoms with E-state index in [-0.39, 0.29) is 17.1 Å². The van der Waals surface area contributed by atoms with E-state index in [0.717, 1.165) is 16.5 Å². The molecule has 2 aliphatic carbocycles. The van der Waals surface area contributed by atoms with Crippen molar-refractivity contribution in [2.24, 2.45) is 17.3 Å². The fraction of sp³-hybridized carbons (Fsp3) is 0.350. The van der Waals surface area contributed by atoms with E-state index in [1.165, 1.54) is 0 Å². The van der Waals surface area contributed by atoms with Gasteiger partial charge in [-0.1, -0.05) is 19.9 Å². The summed E-state index contributed by atoms with van der Waals surface area (Å²) in [5.74, 6) is 0.745. The minimum atomic E-state index is -0.180. The maximum absolute atomic E-state index is 12.6. The number of nitrogens with one attached hydrogen (secondary N) is 1. The van der Waals surface area contributed by atoms with Gasteiger partial charge < -0.3 is 5.32 Å². The fourth-order valence-electron chi connectivity index (χ4n) is 4.15. The van der Waals surface area contributed by atoms with Crippen LogP contribution >= 0.6 is 0 Å². The van der Waals surface area contributed by atoms with Gasteiger partial charge in [0.05, 0.1) is 5.52 Å². The van der Waals surface area contributed by atoms with Crippen molar-refractivity contribution in [3.05, 3.63) is 53.4 Å². The number of amides is 1. The van der Waals surface area contributed by atoms with Gasteiger partial charge in [-0.3, -0.25) is 14.6 Å². The van der Waals surface area contributed by atoms with Crippen LogP contribution in [0.2, 0.25) is 0 Å². The molecule has 2 atom stereocenters. The predicted octanol–water partition coefficient (Wildman–Crippen LogP) is 3.48. The van der Waals surface area contributed by atoms with Crippen LogP contribution in [0.5, 0.6) is 0 Å². The zero-order valence-corrected chi connectivity index (χ0v) is 14.1. The molecule has 2 saturated carbocycles. The summed E-state index contributed by atoms with van der Waals surface area (Å²) in [4.78, 5) is 29.0. The lowest BCUT2D eigenvalue weighted by molar-refractivity contribution is -0.115. The van der Waals surface area contributed by atoms with Gasteiger partial charge in [0.25, 0.3) is 5.91 Å². The van der Waals surface area contributed by atoms with Crippen molar-refractivity contribution in [1.82, 2.24) is 10.3 Å². The Bertz CT molecular complexity index is 911. The molecule has 4 nitrogen and oxygen atoms in total. The Kier molecular flexibility index (Phi) is 3.14. The molecule has 1 aromatic carbocycles. The van der Waals surface area contributed by atoms with Crippen LogP contribution in [0.25, 0.3) is 10.9 Å². The summed E-state index contributed by atoms with van der Waals surface area (Å²) in [6.45, 7) is 6.23. The van der Waals surface area contributed by atoms with Gasteiger partial charge in [0.1, 0.15) is 0 Å². The van der Waals surface area contributed by atoms with Gasteiger partial charge in [-0.2, -0.15) is 0 Å². The second-order valence-electron chi connectivity index (χ2n) is 7.44. The van der Waals surface area contributed by atoms with E-state index < -0.39 is 0 Å². The minimum absolute atomic E-state index is 0.180. The molecule has 0 bridgehead atoms. The average Bonchev–Trinajstić information content (AvgIpc) is 2.91. The standard InChI is InChI=1S/C20H20N2O2/c1-11(17-16(23)10-14-18(17)20(14,2)3)22-19(24)13-6-7-15-12(9-13)5-4-8-21-15/h4-9,14,18H,10H2,1-3H3,(H,22,24). The smallest absolute Gasteiger partial charge is 0.255 e. The highest BCUT2D eigenvalue weighted by Crippen LogP contribution is 2.68. The first-order valence-electron chi connectivity index (χ1n) is 8.29. The van der Waals surface area contributed by atoms with E-state index in [9.17, 15) is 9.59 Å².